The predicted octanol–water partition coefficient (Wildman–Crippen LogP) is 1.79. The Morgan fingerprint density at radius 2 is 2.25 bits per heavy atom. The molecule has 1 aliphatic carbocycles. The Labute approximate surface area is 122 Å². The van der Waals surface area contributed by atoms with Gasteiger partial charge in [0.25, 0.3) is 10.0 Å². The minimum atomic E-state index is -3.62. The number of nitrogens with zero attached hydrogens (tertiary/aromatic N) is 3. The van der Waals surface area contributed by atoms with Gasteiger partial charge < -0.3 is 5.73 Å². The Balaban J connectivity index is 2.08. The zero-order valence-electron chi connectivity index (χ0n) is 11.5. The van der Waals surface area contributed by atoms with Gasteiger partial charge in [0.15, 0.2) is 15.8 Å². The van der Waals surface area contributed by atoms with Crippen molar-refractivity contribution in [3.8, 4) is 0 Å². The average Bonchev–Trinajstić information content (AvgIpc) is 2.97. The predicted molar refractivity (Wildman–Crippen MR) is 79.2 cm³/mol. The van der Waals surface area contributed by atoms with Crippen LogP contribution in [0.1, 0.15) is 26.7 Å². The molecule has 2 aromatic heterocycles. The Bertz CT molecular complexity index is 728. The molecule has 8 heteroatoms. The zero-order valence-corrected chi connectivity index (χ0v) is 13.1. The van der Waals surface area contributed by atoms with Gasteiger partial charge in [0, 0.05) is 24.2 Å². The van der Waals surface area contributed by atoms with E-state index in [0.717, 1.165) is 12.8 Å². The quantitative estimate of drug-likeness (QED) is 0.912. The SMILES string of the molecule is CC(C)N(CC1CC1)S(=O)(=O)c1c(N)nc2sccn12. The first kappa shape index (κ1) is 13.8. The number of rotatable bonds is 5. The highest BCUT2D eigenvalue weighted by Gasteiger charge is 2.36. The topological polar surface area (TPSA) is 80.7 Å². The van der Waals surface area contributed by atoms with Crippen LogP contribution in [0.4, 0.5) is 5.82 Å². The Hall–Kier alpha value is -1.12. The third kappa shape index (κ3) is 2.21. The van der Waals surface area contributed by atoms with Crippen molar-refractivity contribution in [1.82, 2.24) is 13.7 Å². The maximum Gasteiger partial charge on any atom is 0.263 e. The molecule has 0 spiro atoms. The number of aromatic nitrogens is 2. The van der Waals surface area contributed by atoms with E-state index in [0.29, 0.717) is 17.4 Å². The van der Waals surface area contributed by atoms with Crippen LogP contribution in [0.2, 0.25) is 0 Å². The van der Waals surface area contributed by atoms with Crippen molar-refractivity contribution in [2.24, 2.45) is 5.92 Å². The van der Waals surface area contributed by atoms with Crippen molar-refractivity contribution in [3.63, 3.8) is 0 Å². The molecule has 20 heavy (non-hydrogen) atoms. The molecule has 1 aliphatic rings. The zero-order chi connectivity index (χ0) is 14.5. The van der Waals surface area contributed by atoms with Crippen molar-refractivity contribution in [1.29, 1.82) is 0 Å². The van der Waals surface area contributed by atoms with Crippen LogP contribution in [0.3, 0.4) is 0 Å². The first-order chi connectivity index (χ1) is 9.41. The minimum Gasteiger partial charge on any atom is -0.381 e. The molecular formula is C12H18N4O2S2. The van der Waals surface area contributed by atoms with Crippen LogP contribution in [-0.2, 0) is 10.0 Å². The lowest BCUT2D eigenvalue weighted by molar-refractivity contribution is 0.340. The number of anilines is 1. The molecule has 0 radical (unpaired) electrons. The van der Waals surface area contributed by atoms with Crippen LogP contribution < -0.4 is 5.73 Å². The van der Waals surface area contributed by atoms with Crippen molar-refractivity contribution in [2.75, 3.05) is 12.3 Å². The lowest BCUT2D eigenvalue weighted by Gasteiger charge is -2.25. The summed E-state index contributed by atoms with van der Waals surface area (Å²) in [6.07, 6.45) is 3.91. The van der Waals surface area contributed by atoms with Gasteiger partial charge in [-0.05, 0) is 32.6 Å². The van der Waals surface area contributed by atoms with E-state index in [9.17, 15) is 8.42 Å². The van der Waals surface area contributed by atoms with Gasteiger partial charge in [-0.3, -0.25) is 4.40 Å². The maximum atomic E-state index is 12.9. The van der Waals surface area contributed by atoms with Gasteiger partial charge in [0.05, 0.1) is 0 Å². The normalized spacial score (nSPS) is 16.6. The number of fused-ring (bicyclic) bond motifs is 1. The number of nitrogen functional groups attached to an aromatic ring is 1. The summed E-state index contributed by atoms with van der Waals surface area (Å²) in [7, 11) is -3.62. The summed E-state index contributed by atoms with van der Waals surface area (Å²) >= 11 is 1.37. The van der Waals surface area contributed by atoms with E-state index in [1.165, 1.54) is 11.3 Å². The summed E-state index contributed by atoms with van der Waals surface area (Å²) in [5.74, 6) is 0.567. The van der Waals surface area contributed by atoms with E-state index in [4.69, 9.17) is 5.73 Å². The lowest BCUT2D eigenvalue weighted by Crippen LogP contribution is -2.39. The largest absolute Gasteiger partial charge is 0.381 e. The Kier molecular flexibility index (Phi) is 3.26. The molecule has 1 fully saturated rings. The molecule has 0 bridgehead atoms. The highest BCUT2D eigenvalue weighted by molar-refractivity contribution is 7.89. The molecule has 2 heterocycles. The molecule has 0 aromatic carbocycles. The lowest BCUT2D eigenvalue weighted by atomic mass is 10.3. The molecule has 0 amide bonds. The number of sulfonamides is 1. The van der Waals surface area contributed by atoms with E-state index < -0.39 is 10.0 Å². The smallest absolute Gasteiger partial charge is 0.263 e. The second-order valence-corrected chi connectivity index (χ2v) is 8.15. The van der Waals surface area contributed by atoms with Crippen LogP contribution >= 0.6 is 11.3 Å². The fourth-order valence-corrected chi connectivity index (χ4v) is 4.96. The summed E-state index contributed by atoms with van der Waals surface area (Å²) in [5.41, 5.74) is 5.84. The fourth-order valence-electron chi connectivity index (χ4n) is 2.29. The number of imidazole rings is 1. The summed E-state index contributed by atoms with van der Waals surface area (Å²) in [6, 6.07) is -0.0933. The van der Waals surface area contributed by atoms with E-state index >= 15 is 0 Å². The number of thiazole rings is 1. The Morgan fingerprint density at radius 1 is 1.55 bits per heavy atom. The average molecular weight is 314 g/mol. The molecule has 2 aromatic rings. The molecule has 0 aliphatic heterocycles. The molecule has 0 unspecified atom stereocenters. The molecule has 6 nitrogen and oxygen atoms in total. The summed E-state index contributed by atoms with van der Waals surface area (Å²) < 4.78 is 29.0. The number of nitrogens with two attached hydrogens (primary N) is 1. The first-order valence-corrected chi connectivity index (χ1v) is 8.96. The monoisotopic (exact) mass is 314 g/mol. The highest BCUT2D eigenvalue weighted by atomic mass is 32.2. The van der Waals surface area contributed by atoms with Crippen LogP contribution in [-0.4, -0.2) is 34.7 Å². The summed E-state index contributed by atoms with van der Waals surface area (Å²) in [5, 5.41) is 1.91. The molecule has 2 N–H and O–H groups in total. The van der Waals surface area contributed by atoms with Crippen LogP contribution in [0.25, 0.3) is 4.96 Å². The van der Waals surface area contributed by atoms with Gasteiger partial charge in [0.1, 0.15) is 0 Å². The molecule has 0 atom stereocenters. The van der Waals surface area contributed by atoms with Crippen LogP contribution in [0.15, 0.2) is 16.6 Å². The third-order valence-electron chi connectivity index (χ3n) is 3.51. The first-order valence-electron chi connectivity index (χ1n) is 6.64. The standard InChI is InChI=1S/C12H18N4O2S2/c1-8(2)16(7-9-3-4-9)20(17,18)11-10(13)14-12-15(11)5-6-19-12/h5-6,8-9H,3-4,7,13H2,1-2H3. The van der Waals surface area contributed by atoms with Gasteiger partial charge in [-0.25, -0.2) is 13.4 Å². The molecule has 1 saturated carbocycles. The van der Waals surface area contributed by atoms with Crippen molar-refractivity contribution in [2.45, 2.75) is 37.8 Å². The number of hydrogen-bond donors (Lipinski definition) is 1. The van der Waals surface area contributed by atoms with Crippen LogP contribution in [0.5, 0.6) is 0 Å². The second kappa shape index (κ2) is 4.71. The Morgan fingerprint density at radius 3 is 2.85 bits per heavy atom. The number of hydrogen-bond acceptors (Lipinski definition) is 5. The molecule has 0 saturated heterocycles. The van der Waals surface area contributed by atoms with Crippen molar-refractivity contribution >= 4 is 32.1 Å². The van der Waals surface area contributed by atoms with Gasteiger partial charge in [-0.2, -0.15) is 4.31 Å². The van der Waals surface area contributed by atoms with Gasteiger partial charge >= 0.3 is 0 Å². The summed E-state index contributed by atoms with van der Waals surface area (Å²) in [4.78, 5) is 4.74. The minimum absolute atomic E-state index is 0.0818. The van der Waals surface area contributed by atoms with E-state index in [2.05, 4.69) is 4.98 Å². The van der Waals surface area contributed by atoms with Crippen molar-refractivity contribution < 1.29 is 8.42 Å². The van der Waals surface area contributed by atoms with Gasteiger partial charge in [0.2, 0.25) is 0 Å². The molecule has 3 rings (SSSR count). The van der Waals surface area contributed by atoms with Crippen LogP contribution in [0, 0.1) is 5.92 Å². The maximum absolute atomic E-state index is 12.9. The van der Waals surface area contributed by atoms with E-state index in [-0.39, 0.29) is 16.9 Å². The van der Waals surface area contributed by atoms with Crippen molar-refractivity contribution in [3.05, 3.63) is 11.6 Å². The fraction of sp³-hybridized carbons (Fsp3) is 0.583. The van der Waals surface area contributed by atoms with E-state index in [1.54, 1.807) is 20.3 Å². The summed E-state index contributed by atoms with van der Waals surface area (Å²) in [6.45, 7) is 4.35. The third-order valence-corrected chi connectivity index (χ3v) is 6.35. The molecular weight excluding hydrogens is 296 g/mol. The second-order valence-electron chi connectivity index (χ2n) is 5.47. The highest BCUT2D eigenvalue weighted by Crippen LogP contribution is 2.34. The van der Waals surface area contributed by atoms with Gasteiger partial charge in [-0.1, -0.05) is 0 Å². The van der Waals surface area contributed by atoms with Gasteiger partial charge in [-0.15, -0.1) is 11.3 Å². The van der Waals surface area contributed by atoms with E-state index in [1.807, 2.05) is 13.8 Å². The molecule has 110 valence electrons.